The maximum atomic E-state index is 12.7. The fourth-order valence-corrected chi connectivity index (χ4v) is 3.01. The van der Waals surface area contributed by atoms with Crippen LogP contribution in [0.25, 0.3) is 11.0 Å². The van der Waals surface area contributed by atoms with Crippen LogP contribution in [-0.2, 0) is 11.3 Å². The molecule has 0 atom stereocenters. The van der Waals surface area contributed by atoms with Crippen LogP contribution >= 0.6 is 0 Å². The second kappa shape index (κ2) is 8.75. The van der Waals surface area contributed by atoms with E-state index in [0.717, 1.165) is 11.1 Å². The maximum absolute atomic E-state index is 12.7. The number of benzene rings is 3. The van der Waals surface area contributed by atoms with Gasteiger partial charge in [0.25, 0.3) is 0 Å². The molecule has 0 saturated carbocycles. The highest BCUT2D eigenvalue weighted by atomic mass is 16.5. The third-order valence-electron chi connectivity index (χ3n) is 4.74. The van der Waals surface area contributed by atoms with Crippen LogP contribution in [-0.4, -0.2) is 13.1 Å². The minimum Gasteiger partial charge on any atom is -0.489 e. The largest absolute Gasteiger partial charge is 0.489 e. The Hall–Kier alpha value is -4.06. The monoisotopic (exact) mass is 416 g/mol. The minimum atomic E-state index is -0.386. The fourth-order valence-electron chi connectivity index (χ4n) is 3.01. The van der Waals surface area contributed by atoms with E-state index in [1.807, 2.05) is 19.1 Å². The van der Waals surface area contributed by atoms with Gasteiger partial charge in [0.2, 0.25) is 11.2 Å². The van der Waals surface area contributed by atoms with Gasteiger partial charge in [-0.25, -0.2) is 4.79 Å². The summed E-state index contributed by atoms with van der Waals surface area (Å²) in [6.07, 6.45) is 1.31. The van der Waals surface area contributed by atoms with Gasteiger partial charge in [0, 0.05) is 6.07 Å². The second-order valence-corrected chi connectivity index (χ2v) is 6.98. The van der Waals surface area contributed by atoms with Gasteiger partial charge < -0.3 is 18.6 Å². The molecule has 0 aliphatic rings. The standard InChI is InChI=1S/C25H20O6/c1-16-3-9-19(10-4-16)31-23-15-30-22-13-20(11-12-21(22)24(23)26)29-14-17-5-7-18(8-6-17)25(27)28-2/h3-13,15H,14H2,1-2H3. The first-order chi connectivity index (χ1) is 15.0. The molecular weight excluding hydrogens is 396 g/mol. The first kappa shape index (κ1) is 20.2. The summed E-state index contributed by atoms with van der Waals surface area (Å²) in [5.74, 6) is 0.855. The van der Waals surface area contributed by atoms with Gasteiger partial charge in [-0.1, -0.05) is 29.8 Å². The van der Waals surface area contributed by atoms with Crippen LogP contribution in [0.1, 0.15) is 21.5 Å². The molecule has 6 heteroatoms. The molecular formula is C25H20O6. The first-order valence-corrected chi connectivity index (χ1v) is 9.63. The summed E-state index contributed by atoms with van der Waals surface area (Å²) < 4.78 is 21.8. The number of rotatable bonds is 6. The number of fused-ring (bicyclic) bond motifs is 1. The average Bonchev–Trinajstić information content (AvgIpc) is 2.80. The zero-order valence-electron chi connectivity index (χ0n) is 17.1. The Bertz CT molecular complexity index is 1270. The summed E-state index contributed by atoms with van der Waals surface area (Å²) in [7, 11) is 1.34. The summed E-state index contributed by atoms with van der Waals surface area (Å²) in [6.45, 7) is 2.27. The van der Waals surface area contributed by atoms with E-state index in [1.54, 1.807) is 54.6 Å². The van der Waals surface area contributed by atoms with Crippen LogP contribution in [0.4, 0.5) is 0 Å². The van der Waals surface area contributed by atoms with E-state index in [2.05, 4.69) is 4.74 Å². The van der Waals surface area contributed by atoms with Crippen LogP contribution in [0.15, 0.2) is 82.2 Å². The van der Waals surface area contributed by atoms with E-state index < -0.39 is 0 Å². The molecule has 1 heterocycles. The summed E-state index contributed by atoms with van der Waals surface area (Å²) in [5, 5.41) is 0.402. The van der Waals surface area contributed by atoms with Gasteiger partial charge in [-0.15, -0.1) is 0 Å². The summed E-state index contributed by atoms with van der Waals surface area (Å²) >= 11 is 0. The van der Waals surface area contributed by atoms with Crippen molar-refractivity contribution in [2.45, 2.75) is 13.5 Å². The number of ether oxygens (including phenoxy) is 3. The molecule has 0 spiro atoms. The van der Waals surface area contributed by atoms with E-state index in [0.29, 0.717) is 34.6 Å². The van der Waals surface area contributed by atoms with Crippen LogP contribution in [0.2, 0.25) is 0 Å². The molecule has 0 saturated heterocycles. The molecule has 0 N–H and O–H groups in total. The molecule has 0 radical (unpaired) electrons. The Balaban J connectivity index is 1.48. The van der Waals surface area contributed by atoms with Crippen LogP contribution in [0.3, 0.4) is 0 Å². The second-order valence-electron chi connectivity index (χ2n) is 6.98. The smallest absolute Gasteiger partial charge is 0.337 e. The Morgan fingerprint density at radius 1 is 0.935 bits per heavy atom. The quantitative estimate of drug-likeness (QED) is 0.399. The van der Waals surface area contributed by atoms with Crippen molar-refractivity contribution >= 4 is 16.9 Å². The number of aryl methyl sites for hydroxylation is 1. The molecule has 0 aliphatic heterocycles. The first-order valence-electron chi connectivity index (χ1n) is 9.63. The molecule has 0 amide bonds. The highest BCUT2D eigenvalue weighted by molar-refractivity contribution is 5.89. The molecule has 0 bridgehead atoms. The number of hydrogen-bond donors (Lipinski definition) is 0. The van der Waals surface area contributed by atoms with E-state index in [4.69, 9.17) is 13.9 Å². The maximum Gasteiger partial charge on any atom is 0.337 e. The highest BCUT2D eigenvalue weighted by Gasteiger charge is 2.11. The molecule has 6 nitrogen and oxygen atoms in total. The van der Waals surface area contributed by atoms with E-state index in [-0.39, 0.29) is 17.1 Å². The lowest BCUT2D eigenvalue weighted by Gasteiger charge is -2.09. The van der Waals surface area contributed by atoms with Gasteiger partial charge in [0.15, 0.2) is 0 Å². The lowest BCUT2D eigenvalue weighted by Crippen LogP contribution is -2.05. The number of methoxy groups -OCH3 is 1. The van der Waals surface area contributed by atoms with Crippen molar-refractivity contribution < 1.29 is 23.4 Å². The number of esters is 1. The lowest BCUT2D eigenvalue weighted by molar-refractivity contribution is 0.0600. The molecule has 4 rings (SSSR count). The number of hydrogen-bond acceptors (Lipinski definition) is 6. The Morgan fingerprint density at radius 3 is 2.35 bits per heavy atom. The van der Waals surface area contributed by atoms with Crippen LogP contribution in [0, 0.1) is 6.92 Å². The Kier molecular flexibility index (Phi) is 5.71. The van der Waals surface area contributed by atoms with Crippen LogP contribution < -0.4 is 14.9 Å². The summed E-state index contributed by atoms with van der Waals surface area (Å²) in [6, 6.07) is 19.4. The summed E-state index contributed by atoms with van der Waals surface area (Å²) in [5.41, 5.74) is 2.61. The third-order valence-corrected chi connectivity index (χ3v) is 4.74. The van der Waals surface area contributed by atoms with Crippen molar-refractivity contribution in [3.63, 3.8) is 0 Å². The number of carbonyl (C=O) groups excluding carboxylic acids is 1. The topological polar surface area (TPSA) is 75.0 Å². The van der Waals surface area contributed by atoms with Gasteiger partial charge in [0.05, 0.1) is 18.1 Å². The SMILES string of the molecule is COC(=O)c1ccc(COc2ccc3c(=O)c(Oc4ccc(C)cc4)coc3c2)cc1. The van der Waals surface area contributed by atoms with Gasteiger partial charge in [0.1, 0.15) is 30.0 Å². The fraction of sp³-hybridized carbons (Fsp3) is 0.120. The van der Waals surface area contributed by atoms with Gasteiger partial charge >= 0.3 is 5.97 Å². The zero-order valence-corrected chi connectivity index (χ0v) is 17.1. The van der Waals surface area contributed by atoms with E-state index in [9.17, 15) is 9.59 Å². The highest BCUT2D eigenvalue weighted by Crippen LogP contribution is 2.24. The molecule has 4 aromatic rings. The van der Waals surface area contributed by atoms with Gasteiger partial charge in [-0.05, 0) is 48.9 Å². The molecule has 156 valence electrons. The lowest BCUT2D eigenvalue weighted by atomic mass is 10.1. The van der Waals surface area contributed by atoms with Crippen molar-refractivity contribution in [3.05, 3.63) is 99.9 Å². The van der Waals surface area contributed by atoms with Crippen LogP contribution in [0.5, 0.6) is 17.2 Å². The molecule has 0 fully saturated rings. The predicted octanol–water partition coefficient (Wildman–Crippen LogP) is 5.26. The minimum absolute atomic E-state index is 0.121. The predicted molar refractivity (Wildman–Crippen MR) is 116 cm³/mol. The van der Waals surface area contributed by atoms with E-state index in [1.165, 1.54) is 13.4 Å². The van der Waals surface area contributed by atoms with Crippen molar-refractivity contribution in [1.82, 2.24) is 0 Å². The van der Waals surface area contributed by atoms with E-state index >= 15 is 0 Å². The normalized spacial score (nSPS) is 10.6. The van der Waals surface area contributed by atoms with Gasteiger partial charge in [-0.3, -0.25) is 4.79 Å². The van der Waals surface area contributed by atoms with Crippen molar-refractivity contribution in [2.24, 2.45) is 0 Å². The average molecular weight is 416 g/mol. The molecule has 3 aromatic carbocycles. The Labute approximate surface area is 178 Å². The molecule has 0 aliphatic carbocycles. The Morgan fingerprint density at radius 2 is 1.65 bits per heavy atom. The molecule has 31 heavy (non-hydrogen) atoms. The van der Waals surface area contributed by atoms with Gasteiger partial charge in [-0.2, -0.15) is 0 Å². The molecule has 1 aromatic heterocycles. The van der Waals surface area contributed by atoms with Crippen molar-refractivity contribution in [2.75, 3.05) is 7.11 Å². The van der Waals surface area contributed by atoms with Crippen molar-refractivity contribution in [3.8, 4) is 17.2 Å². The van der Waals surface area contributed by atoms with Crippen molar-refractivity contribution in [1.29, 1.82) is 0 Å². The molecule has 0 unspecified atom stereocenters. The third kappa shape index (κ3) is 4.59. The zero-order chi connectivity index (χ0) is 21.8. The number of carbonyl (C=O) groups is 1. The summed E-state index contributed by atoms with van der Waals surface area (Å²) in [4.78, 5) is 24.2.